The van der Waals surface area contributed by atoms with Crippen LogP contribution in [0.15, 0.2) is 54.6 Å². The lowest BCUT2D eigenvalue weighted by Crippen LogP contribution is -2.34. The molecule has 0 spiro atoms. The predicted octanol–water partition coefficient (Wildman–Crippen LogP) is 3.16. The third-order valence-corrected chi connectivity index (χ3v) is 4.39. The van der Waals surface area contributed by atoms with Crippen LogP contribution in [-0.4, -0.2) is 32.5 Å². The zero-order valence-electron chi connectivity index (χ0n) is 14.4. The number of nitrogens with zero attached hydrogens (tertiary/aromatic N) is 2. The number of fused-ring (bicyclic) bond motifs is 1. The van der Waals surface area contributed by atoms with Gasteiger partial charge in [-0.3, -0.25) is 14.9 Å². The van der Waals surface area contributed by atoms with E-state index >= 15 is 0 Å². The first-order chi connectivity index (χ1) is 13.0. The number of allylic oxidation sites excluding steroid dienone is 2. The van der Waals surface area contributed by atoms with E-state index in [1.54, 1.807) is 4.90 Å². The molecule has 1 aliphatic rings. The van der Waals surface area contributed by atoms with Crippen LogP contribution in [0.5, 0.6) is 11.5 Å². The molecule has 138 valence electrons. The molecule has 3 rings (SSSR count). The van der Waals surface area contributed by atoms with Crippen LogP contribution in [0.3, 0.4) is 0 Å². The van der Waals surface area contributed by atoms with Crippen molar-refractivity contribution >= 4 is 17.7 Å². The molecule has 1 amide bonds. The van der Waals surface area contributed by atoms with Gasteiger partial charge in [0.25, 0.3) is 5.69 Å². The van der Waals surface area contributed by atoms with Crippen molar-refractivity contribution in [3.8, 4) is 11.5 Å². The number of carbonyl (C=O) groups is 1. The van der Waals surface area contributed by atoms with E-state index in [4.69, 9.17) is 0 Å². The van der Waals surface area contributed by atoms with E-state index in [1.807, 2.05) is 18.2 Å². The lowest BCUT2D eigenvalue weighted by atomic mass is 10.00. The third-order valence-electron chi connectivity index (χ3n) is 4.39. The number of rotatable bonds is 4. The second-order valence-corrected chi connectivity index (χ2v) is 6.15. The number of hydrogen-bond donors (Lipinski definition) is 2. The number of hydrogen-bond acceptors (Lipinski definition) is 5. The third kappa shape index (κ3) is 4.14. The van der Waals surface area contributed by atoms with E-state index in [2.05, 4.69) is 6.07 Å². The van der Waals surface area contributed by atoms with Crippen LogP contribution < -0.4 is 0 Å². The molecule has 0 unspecified atom stereocenters. The van der Waals surface area contributed by atoms with Crippen molar-refractivity contribution in [2.75, 3.05) is 6.54 Å². The first kappa shape index (κ1) is 18.2. The monoisotopic (exact) mass is 366 g/mol. The number of phenols is 2. The summed E-state index contributed by atoms with van der Waals surface area (Å²) in [7, 11) is 0. The fourth-order valence-electron chi connectivity index (χ4n) is 2.96. The molecule has 2 aromatic carbocycles. The van der Waals surface area contributed by atoms with Crippen molar-refractivity contribution in [2.24, 2.45) is 0 Å². The van der Waals surface area contributed by atoms with Gasteiger partial charge in [0, 0.05) is 19.2 Å². The molecule has 1 heterocycles. The quantitative estimate of drug-likeness (QED) is 0.284. The normalized spacial score (nSPS) is 13.9. The highest BCUT2D eigenvalue weighted by Gasteiger charge is 2.18. The summed E-state index contributed by atoms with van der Waals surface area (Å²) < 4.78 is 0. The summed E-state index contributed by atoms with van der Waals surface area (Å²) in [6.07, 6.45) is 6.58. The molecule has 0 radical (unpaired) electrons. The number of carbonyl (C=O) groups excluding carboxylic acids is 1. The molecular formula is C20H18N2O5. The van der Waals surface area contributed by atoms with Crippen LogP contribution in [0.25, 0.3) is 6.08 Å². The van der Waals surface area contributed by atoms with E-state index in [0.717, 1.165) is 24.1 Å². The lowest BCUT2D eigenvalue weighted by molar-refractivity contribution is -0.385. The Morgan fingerprint density at radius 2 is 1.81 bits per heavy atom. The SMILES string of the molecule is O=C(/C=C/C=C/c1cc(O)c(O)cc1[N+](=O)[O-])N1CCc2ccccc2C1. The molecule has 7 nitrogen and oxygen atoms in total. The summed E-state index contributed by atoms with van der Waals surface area (Å²) in [4.78, 5) is 24.4. The molecular weight excluding hydrogens is 348 g/mol. The Labute approximate surface area is 155 Å². The van der Waals surface area contributed by atoms with Crippen LogP contribution in [0.2, 0.25) is 0 Å². The van der Waals surface area contributed by atoms with E-state index in [0.29, 0.717) is 13.1 Å². The van der Waals surface area contributed by atoms with Gasteiger partial charge in [-0.1, -0.05) is 36.4 Å². The fourth-order valence-corrected chi connectivity index (χ4v) is 2.96. The molecule has 2 N–H and O–H groups in total. The molecule has 0 saturated heterocycles. The minimum Gasteiger partial charge on any atom is -0.504 e. The molecule has 1 aliphatic heterocycles. The van der Waals surface area contributed by atoms with Crippen LogP contribution in [0, 0.1) is 10.1 Å². The molecule has 0 fully saturated rings. The van der Waals surface area contributed by atoms with Crippen molar-refractivity contribution in [1.29, 1.82) is 0 Å². The molecule has 0 aromatic heterocycles. The first-order valence-corrected chi connectivity index (χ1v) is 8.36. The molecule has 27 heavy (non-hydrogen) atoms. The summed E-state index contributed by atoms with van der Waals surface area (Å²) >= 11 is 0. The summed E-state index contributed by atoms with van der Waals surface area (Å²) in [6, 6.07) is 9.99. The number of aromatic hydroxyl groups is 2. The van der Waals surface area contributed by atoms with Crippen molar-refractivity contribution in [3.05, 3.63) is 81.4 Å². The van der Waals surface area contributed by atoms with Gasteiger partial charge >= 0.3 is 0 Å². The largest absolute Gasteiger partial charge is 0.504 e. The molecule has 0 saturated carbocycles. The summed E-state index contributed by atoms with van der Waals surface area (Å²) in [5, 5.41) is 29.9. The predicted molar refractivity (Wildman–Crippen MR) is 100 cm³/mol. The van der Waals surface area contributed by atoms with Gasteiger partial charge in [0.15, 0.2) is 11.5 Å². The maximum absolute atomic E-state index is 12.3. The van der Waals surface area contributed by atoms with E-state index in [1.165, 1.54) is 29.9 Å². The van der Waals surface area contributed by atoms with Gasteiger partial charge in [-0.05, 0) is 29.7 Å². The highest BCUT2D eigenvalue weighted by molar-refractivity contribution is 5.88. The summed E-state index contributed by atoms with van der Waals surface area (Å²) in [6.45, 7) is 1.20. The highest BCUT2D eigenvalue weighted by Crippen LogP contribution is 2.33. The Morgan fingerprint density at radius 1 is 1.11 bits per heavy atom. The van der Waals surface area contributed by atoms with E-state index < -0.39 is 16.4 Å². The fraction of sp³-hybridized carbons (Fsp3) is 0.150. The topological polar surface area (TPSA) is 104 Å². The maximum atomic E-state index is 12.3. The zero-order valence-corrected chi connectivity index (χ0v) is 14.4. The standard InChI is InChI=1S/C20H18N2O5/c23-18-11-15(17(22(26)27)12-19(18)24)6-3-4-8-20(25)21-10-9-14-5-1-2-7-16(14)13-21/h1-8,11-12,23-24H,9-10,13H2/b6-3+,8-4+. The second kappa shape index (κ2) is 7.74. The lowest BCUT2D eigenvalue weighted by Gasteiger charge is -2.27. The van der Waals surface area contributed by atoms with Gasteiger partial charge in [-0.25, -0.2) is 0 Å². The molecule has 7 heteroatoms. The van der Waals surface area contributed by atoms with Gasteiger partial charge in [0.05, 0.1) is 16.6 Å². The molecule has 0 aliphatic carbocycles. The Morgan fingerprint density at radius 3 is 2.56 bits per heavy atom. The van der Waals surface area contributed by atoms with Crippen LogP contribution >= 0.6 is 0 Å². The minimum absolute atomic E-state index is 0.124. The molecule has 0 bridgehead atoms. The Hall–Kier alpha value is -3.61. The van der Waals surface area contributed by atoms with E-state index in [9.17, 15) is 25.1 Å². The van der Waals surface area contributed by atoms with E-state index in [-0.39, 0.29) is 17.2 Å². The Balaban J connectivity index is 1.68. The number of benzene rings is 2. The summed E-state index contributed by atoms with van der Waals surface area (Å²) in [5.41, 5.74) is 2.18. The van der Waals surface area contributed by atoms with Gasteiger partial charge in [-0.15, -0.1) is 0 Å². The number of phenolic OH excluding ortho intramolecular Hbond substituents is 2. The van der Waals surface area contributed by atoms with Crippen molar-refractivity contribution in [3.63, 3.8) is 0 Å². The van der Waals surface area contributed by atoms with Crippen molar-refractivity contribution in [2.45, 2.75) is 13.0 Å². The van der Waals surface area contributed by atoms with Crippen molar-refractivity contribution < 1.29 is 19.9 Å². The smallest absolute Gasteiger partial charge is 0.280 e. The minimum atomic E-state index is -0.654. The van der Waals surface area contributed by atoms with Crippen LogP contribution in [-0.2, 0) is 17.8 Å². The second-order valence-electron chi connectivity index (χ2n) is 6.15. The van der Waals surface area contributed by atoms with Gasteiger partial charge < -0.3 is 15.1 Å². The number of nitro benzene ring substituents is 1. The average Bonchev–Trinajstić information content (AvgIpc) is 2.66. The van der Waals surface area contributed by atoms with Crippen molar-refractivity contribution in [1.82, 2.24) is 4.90 Å². The number of amides is 1. The average molecular weight is 366 g/mol. The van der Waals surface area contributed by atoms with Crippen LogP contribution in [0.4, 0.5) is 5.69 Å². The zero-order chi connectivity index (χ0) is 19.4. The van der Waals surface area contributed by atoms with Gasteiger partial charge in [-0.2, -0.15) is 0 Å². The Kier molecular flexibility index (Phi) is 5.21. The highest BCUT2D eigenvalue weighted by atomic mass is 16.6. The number of nitro groups is 1. The Bertz CT molecular complexity index is 949. The van der Waals surface area contributed by atoms with Gasteiger partial charge in [0.2, 0.25) is 5.91 Å². The molecule has 2 aromatic rings. The molecule has 0 atom stereocenters. The van der Waals surface area contributed by atoms with Gasteiger partial charge in [0.1, 0.15) is 0 Å². The first-order valence-electron chi connectivity index (χ1n) is 8.36. The van der Waals surface area contributed by atoms with Crippen LogP contribution in [0.1, 0.15) is 16.7 Å². The summed E-state index contributed by atoms with van der Waals surface area (Å²) in [5.74, 6) is -1.15. The maximum Gasteiger partial charge on any atom is 0.280 e.